The number of rotatable bonds is 0. The average Bonchev–Trinajstić information content (AvgIpc) is 3.01. The van der Waals surface area contributed by atoms with Gasteiger partial charge in [0.25, 0.3) is 0 Å². The number of nitrogens with zero attached hydrogens (tertiary/aromatic N) is 1. The van der Waals surface area contributed by atoms with Gasteiger partial charge in [-0.25, -0.2) is 0 Å². The molecule has 2 aliphatic rings. The van der Waals surface area contributed by atoms with Gasteiger partial charge in [-0.1, -0.05) is 11.6 Å². The van der Waals surface area contributed by atoms with Crippen LogP contribution in [0.15, 0.2) is 18.2 Å². The number of hydrogen-bond donors (Lipinski definition) is 1. The van der Waals surface area contributed by atoms with Crippen LogP contribution >= 0.6 is 11.6 Å². The van der Waals surface area contributed by atoms with Crippen molar-refractivity contribution in [2.24, 2.45) is 5.41 Å². The summed E-state index contributed by atoms with van der Waals surface area (Å²) in [5.41, 5.74) is 1.71. The Hall–Kier alpha value is -1.22. The molecular weight excluding hydrogens is 224 g/mol. The average molecular weight is 237 g/mol. The molecule has 1 spiro atoms. The molecule has 0 aromatic heterocycles. The van der Waals surface area contributed by atoms with Crippen molar-refractivity contribution in [1.29, 1.82) is 0 Å². The molecule has 0 bridgehead atoms. The van der Waals surface area contributed by atoms with Crippen molar-refractivity contribution in [1.82, 2.24) is 0 Å². The zero-order chi connectivity index (χ0) is 11.3. The molecule has 1 amide bonds. The van der Waals surface area contributed by atoms with Gasteiger partial charge in [-0.3, -0.25) is 4.79 Å². The second kappa shape index (κ2) is 3.14. The van der Waals surface area contributed by atoms with Crippen molar-refractivity contribution in [3.8, 4) is 0 Å². The molecule has 1 fully saturated rings. The minimum Gasteiger partial charge on any atom is -0.372 e. The van der Waals surface area contributed by atoms with E-state index in [0.29, 0.717) is 5.02 Å². The van der Waals surface area contributed by atoms with E-state index >= 15 is 0 Å². The van der Waals surface area contributed by atoms with E-state index in [1.54, 1.807) is 6.07 Å². The van der Waals surface area contributed by atoms with Gasteiger partial charge in [-0.2, -0.15) is 0 Å². The summed E-state index contributed by atoms with van der Waals surface area (Å²) in [6.07, 6.45) is 1.98. The maximum atomic E-state index is 12.0. The number of benzene rings is 1. The van der Waals surface area contributed by atoms with E-state index in [9.17, 15) is 4.79 Å². The van der Waals surface area contributed by atoms with Gasteiger partial charge in [-0.15, -0.1) is 0 Å². The van der Waals surface area contributed by atoms with Crippen molar-refractivity contribution in [3.63, 3.8) is 0 Å². The molecule has 1 N–H and O–H groups in total. The summed E-state index contributed by atoms with van der Waals surface area (Å²) in [6.45, 7) is 0.784. The molecule has 1 heterocycles. The topological polar surface area (TPSA) is 32.3 Å². The molecule has 0 saturated heterocycles. The van der Waals surface area contributed by atoms with Gasteiger partial charge in [0.2, 0.25) is 5.91 Å². The molecule has 0 radical (unpaired) electrons. The minimum atomic E-state index is -0.153. The third-order valence-electron chi connectivity index (χ3n) is 3.49. The van der Waals surface area contributed by atoms with Gasteiger partial charge in [-0.05, 0) is 31.0 Å². The lowest BCUT2D eigenvalue weighted by molar-refractivity contribution is -0.120. The van der Waals surface area contributed by atoms with Gasteiger partial charge >= 0.3 is 0 Å². The number of carbonyl (C=O) groups excluding carboxylic acids is 1. The summed E-state index contributed by atoms with van der Waals surface area (Å²) < 4.78 is 0. The Morgan fingerprint density at radius 2 is 2.19 bits per heavy atom. The van der Waals surface area contributed by atoms with Crippen LogP contribution in [-0.4, -0.2) is 19.5 Å². The largest absolute Gasteiger partial charge is 0.372 e. The predicted molar refractivity (Wildman–Crippen MR) is 65.0 cm³/mol. The predicted octanol–water partition coefficient (Wildman–Crippen LogP) is 2.51. The molecule has 84 valence electrons. The van der Waals surface area contributed by atoms with Crippen molar-refractivity contribution in [2.45, 2.75) is 12.8 Å². The quantitative estimate of drug-likeness (QED) is 0.751. The maximum Gasteiger partial charge on any atom is 0.232 e. The van der Waals surface area contributed by atoms with E-state index in [0.717, 1.165) is 30.8 Å². The Morgan fingerprint density at radius 1 is 1.44 bits per heavy atom. The van der Waals surface area contributed by atoms with Crippen LogP contribution in [0, 0.1) is 5.41 Å². The highest BCUT2D eigenvalue weighted by atomic mass is 35.5. The third kappa shape index (κ3) is 1.39. The Balaban J connectivity index is 2.06. The van der Waals surface area contributed by atoms with E-state index in [-0.39, 0.29) is 11.3 Å². The zero-order valence-corrected chi connectivity index (χ0v) is 9.84. The Morgan fingerprint density at radius 3 is 2.88 bits per heavy atom. The monoisotopic (exact) mass is 236 g/mol. The fraction of sp³-hybridized carbons (Fsp3) is 0.417. The number of nitrogens with one attached hydrogen (secondary N) is 1. The summed E-state index contributed by atoms with van der Waals surface area (Å²) in [5, 5.41) is 3.69. The van der Waals surface area contributed by atoms with Crippen LogP contribution in [0.25, 0.3) is 0 Å². The molecule has 1 saturated carbocycles. The number of hydrogen-bond acceptors (Lipinski definition) is 2. The molecule has 1 aromatic rings. The first-order chi connectivity index (χ1) is 7.61. The molecule has 3 nitrogen and oxygen atoms in total. The summed E-state index contributed by atoms with van der Waals surface area (Å²) in [7, 11) is 2.01. The highest BCUT2D eigenvalue weighted by Gasteiger charge is 2.51. The van der Waals surface area contributed by atoms with Crippen LogP contribution in [0.5, 0.6) is 0 Å². The number of halogens is 1. The van der Waals surface area contributed by atoms with Gasteiger partial charge in [0, 0.05) is 18.6 Å². The van der Waals surface area contributed by atoms with Gasteiger partial charge in [0.1, 0.15) is 0 Å². The smallest absolute Gasteiger partial charge is 0.232 e. The molecule has 1 aliphatic heterocycles. The lowest BCUT2D eigenvalue weighted by atomic mass is 10.1. The van der Waals surface area contributed by atoms with Crippen LogP contribution in [0.3, 0.4) is 0 Å². The Bertz CT molecular complexity index is 468. The summed E-state index contributed by atoms with van der Waals surface area (Å²) >= 11 is 5.98. The Kier molecular flexibility index (Phi) is 1.96. The molecule has 16 heavy (non-hydrogen) atoms. The van der Waals surface area contributed by atoms with Crippen LogP contribution in [0.2, 0.25) is 5.02 Å². The molecule has 1 aromatic carbocycles. The Labute approximate surface area is 99.4 Å². The van der Waals surface area contributed by atoms with Crippen molar-refractivity contribution in [3.05, 3.63) is 23.2 Å². The van der Waals surface area contributed by atoms with Crippen molar-refractivity contribution < 1.29 is 4.79 Å². The highest BCUT2D eigenvalue weighted by Crippen LogP contribution is 2.50. The van der Waals surface area contributed by atoms with Crippen LogP contribution in [0.1, 0.15) is 12.8 Å². The first-order valence-corrected chi connectivity index (χ1v) is 5.81. The maximum absolute atomic E-state index is 12.0. The normalized spacial score (nSPS) is 21.4. The van der Waals surface area contributed by atoms with Crippen molar-refractivity contribution >= 4 is 28.9 Å². The fourth-order valence-electron chi connectivity index (χ4n) is 2.33. The van der Waals surface area contributed by atoms with Gasteiger partial charge < -0.3 is 10.2 Å². The van der Waals surface area contributed by atoms with E-state index < -0.39 is 0 Å². The van der Waals surface area contributed by atoms with Crippen LogP contribution in [-0.2, 0) is 4.79 Å². The van der Waals surface area contributed by atoms with Gasteiger partial charge in [0.05, 0.1) is 16.8 Å². The first-order valence-electron chi connectivity index (χ1n) is 5.43. The lowest BCUT2D eigenvalue weighted by Crippen LogP contribution is -2.31. The zero-order valence-electron chi connectivity index (χ0n) is 9.09. The van der Waals surface area contributed by atoms with Crippen LogP contribution < -0.4 is 10.2 Å². The molecule has 0 atom stereocenters. The molecule has 3 rings (SSSR count). The molecule has 0 unspecified atom stereocenters. The number of anilines is 2. The fourth-order valence-corrected chi connectivity index (χ4v) is 2.49. The minimum absolute atomic E-state index is 0.153. The van der Waals surface area contributed by atoms with Gasteiger partial charge in [0.15, 0.2) is 0 Å². The summed E-state index contributed by atoms with van der Waals surface area (Å²) in [6, 6.07) is 5.57. The standard InChI is InChI=1S/C12H13ClN2O/c1-15-7-12(4-5-12)11(16)14-9-3-2-8(13)6-10(9)15/h2-3,6H,4-5,7H2,1H3,(H,14,16). The van der Waals surface area contributed by atoms with E-state index in [4.69, 9.17) is 11.6 Å². The van der Waals surface area contributed by atoms with Crippen molar-refractivity contribution in [2.75, 3.05) is 23.8 Å². The molecule has 4 heteroatoms. The molecule has 1 aliphatic carbocycles. The number of amides is 1. The van der Waals surface area contributed by atoms with E-state index in [1.807, 2.05) is 19.2 Å². The van der Waals surface area contributed by atoms with E-state index in [2.05, 4.69) is 10.2 Å². The van der Waals surface area contributed by atoms with E-state index in [1.165, 1.54) is 0 Å². The second-order valence-electron chi connectivity index (χ2n) is 4.75. The molecular formula is C12H13ClN2O. The third-order valence-corrected chi connectivity index (χ3v) is 3.73. The number of fused-ring (bicyclic) bond motifs is 1. The summed E-state index contributed by atoms with van der Waals surface area (Å²) in [4.78, 5) is 14.1. The highest BCUT2D eigenvalue weighted by molar-refractivity contribution is 6.31. The summed E-state index contributed by atoms with van der Waals surface area (Å²) in [5.74, 6) is 0.153. The first kappa shape index (κ1) is 9.97. The number of carbonyl (C=O) groups is 1. The lowest BCUT2D eigenvalue weighted by Gasteiger charge is -2.21. The SMILES string of the molecule is CN1CC2(CC2)C(=O)Nc2ccc(Cl)cc21. The second-order valence-corrected chi connectivity index (χ2v) is 5.19. The van der Waals surface area contributed by atoms with Crippen LogP contribution in [0.4, 0.5) is 11.4 Å².